The molecule has 1 aliphatic rings. The highest BCUT2D eigenvalue weighted by Crippen LogP contribution is 2.20. The average molecular weight is 398 g/mol. The van der Waals surface area contributed by atoms with Gasteiger partial charge in [0, 0.05) is 26.2 Å². The summed E-state index contributed by atoms with van der Waals surface area (Å²) < 4.78 is 11.0. The predicted octanol–water partition coefficient (Wildman–Crippen LogP) is 2.54. The van der Waals surface area contributed by atoms with Gasteiger partial charge < -0.3 is 24.4 Å². The lowest BCUT2D eigenvalue weighted by Gasteiger charge is -2.22. The zero-order chi connectivity index (χ0) is 20.6. The van der Waals surface area contributed by atoms with E-state index in [0.29, 0.717) is 45.0 Å². The van der Waals surface area contributed by atoms with E-state index >= 15 is 0 Å². The minimum Gasteiger partial charge on any atom is -0.507 e. The lowest BCUT2D eigenvalue weighted by Crippen LogP contribution is -2.39. The fourth-order valence-electron chi connectivity index (χ4n) is 3.23. The van der Waals surface area contributed by atoms with Crippen LogP contribution in [-0.4, -0.2) is 66.1 Å². The van der Waals surface area contributed by atoms with Gasteiger partial charge in [0.15, 0.2) is 6.61 Å². The number of nitrogens with zero attached hydrogens (tertiary/aromatic N) is 2. The normalized spacial score (nSPS) is 14.2. The van der Waals surface area contributed by atoms with Crippen LogP contribution in [0.25, 0.3) is 0 Å². The lowest BCUT2D eigenvalue weighted by atomic mass is 10.1. The minimum atomic E-state index is -0.219. The first-order valence-corrected chi connectivity index (χ1v) is 9.79. The molecule has 1 saturated heterocycles. The molecule has 0 radical (unpaired) electrons. The number of hydrogen-bond donors (Lipinski definition) is 1. The number of phenolic OH excluding ortho intramolecular Hbond substituents is 1. The van der Waals surface area contributed by atoms with Crippen molar-refractivity contribution in [2.75, 3.05) is 39.4 Å². The van der Waals surface area contributed by atoms with Gasteiger partial charge in [-0.1, -0.05) is 12.1 Å². The van der Waals surface area contributed by atoms with Gasteiger partial charge in [-0.05, 0) is 49.7 Å². The van der Waals surface area contributed by atoms with Crippen LogP contribution in [0.15, 0.2) is 48.5 Å². The Kier molecular flexibility index (Phi) is 6.94. The molecule has 0 saturated carbocycles. The van der Waals surface area contributed by atoms with E-state index in [1.807, 2.05) is 6.92 Å². The van der Waals surface area contributed by atoms with Crippen LogP contribution in [0.3, 0.4) is 0 Å². The van der Waals surface area contributed by atoms with Crippen molar-refractivity contribution < 1.29 is 24.2 Å². The summed E-state index contributed by atoms with van der Waals surface area (Å²) in [7, 11) is 0. The quantitative estimate of drug-likeness (QED) is 0.809. The summed E-state index contributed by atoms with van der Waals surface area (Å²) in [6, 6.07) is 13.7. The SMILES string of the molecule is CCOc1ccc(OCC(=O)N2CCCN(C(=O)c3ccccc3O)CC2)cc1. The first-order valence-electron chi connectivity index (χ1n) is 9.79. The van der Waals surface area contributed by atoms with E-state index in [2.05, 4.69) is 0 Å². The number of aromatic hydroxyl groups is 1. The Labute approximate surface area is 170 Å². The molecule has 7 nitrogen and oxygen atoms in total. The molecule has 29 heavy (non-hydrogen) atoms. The van der Waals surface area contributed by atoms with Crippen molar-refractivity contribution in [3.63, 3.8) is 0 Å². The molecule has 1 N–H and O–H groups in total. The number of amides is 2. The number of rotatable bonds is 6. The number of hydrogen-bond acceptors (Lipinski definition) is 5. The van der Waals surface area contributed by atoms with Crippen molar-refractivity contribution in [1.82, 2.24) is 9.80 Å². The van der Waals surface area contributed by atoms with Crippen molar-refractivity contribution in [2.24, 2.45) is 0 Å². The van der Waals surface area contributed by atoms with Gasteiger partial charge in [0.05, 0.1) is 12.2 Å². The third-order valence-electron chi connectivity index (χ3n) is 4.77. The van der Waals surface area contributed by atoms with Crippen molar-refractivity contribution in [1.29, 1.82) is 0 Å². The van der Waals surface area contributed by atoms with Crippen molar-refractivity contribution in [3.8, 4) is 17.2 Å². The minimum absolute atomic E-state index is 0.0292. The molecule has 0 unspecified atom stereocenters. The Morgan fingerprint density at radius 1 is 0.897 bits per heavy atom. The second-order valence-electron chi connectivity index (χ2n) is 6.74. The Balaban J connectivity index is 1.51. The van der Waals surface area contributed by atoms with E-state index in [0.717, 1.165) is 5.75 Å². The smallest absolute Gasteiger partial charge is 0.260 e. The summed E-state index contributed by atoms with van der Waals surface area (Å²) in [5.41, 5.74) is 0.283. The Morgan fingerprint density at radius 3 is 2.21 bits per heavy atom. The van der Waals surface area contributed by atoms with Gasteiger partial charge >= 0.3 is 0 Å². The second kappa shape index (κ2) is 9.82. The number of benzene rings is 2. The molecule has 1 heterocycles. The molecule has 2 amide bonds. The largest absolute Gasteiger partial charge is 0.507 e. The molecule has 2 aromatic rings. The van der Waals surface area contributed by atoms with Gasteiger partial charge in [0.1, 0.15) is 17.2 Å². The van der Waals surface area contributed by atoms with E-state index in [9.17, 15) is 14.7 Å². The third kappa shape index (κ3) is 5.40. The maximum absolute atomic E-state index is 12.7. The number of phenols is 1. The maximum Gasteiger partial charge on any atom is 0.260 e. The molecule has 0 atom stereocenters. The summed E-state index contributed by atoms with van der Waals surface area (Å²) in [5.74, 6) is 0.998. The summed E-state index contributed by atoms with van der Waals surface area (Å²) in [6.45, 7) is 4.42. The highest BCUT2D eigenvalue weighted by atomic mass is 16.5. The number of carbonyl (C=O) groups is 2. The standard InChI is InChI=1S/C22H26N2O5/c1-2-28-17-8-10-18(11-9-17)29-16-21(26)23-12-5-13-24(15-14-23)22(27)19-6-3-4-7-20(19)25/h3-4,6-11,25H,2,5,12-16H2,1H3. The number of para-hydroxylation sites is 1. The zero-order valence-corrected chi connectivity index (χ0v) is 16.5. The summed E-state index contributed by atoms with van der Waals surface area (Å²) >= 11 is 0. The molecule has 1 fully saturated rings. The lowest BCUT2D eigenvalue weighted by molar-refractivity contribution is -0.133. The van der Waals surface area contributed by atoms with Crippen LogP contribution >= 0.6 is 0 Å². The highest BCUT2D eigenvalue weighted by Gasteiger charge is 2.24. The molecule has 3 rings (SSSR count). The van der Waals surface area contributed by atoms with Gasteiger partial charge in [0.2, 0.25) is 0 Å². The van der Waals surface area contributed by atoms with Gasteiger partial charge in [-0.3, -0.25) is 9.59 Å². The van der Waals surface area contributed by atoms with E-state index in [1.54, 1.807) is 52.3 Å². The number of ether oxygens (including phenoxy) is 2. The Hall–Kier alpha value is -3.22. The summed E-state index contributed by atoms with van der Waals surface area (Å²) in [4.78, 5) is 28.6. The molecule has 0 spiro atoms. The molecule has 0 bridgehead atoms. The fraction of sp³-hybridized carbons (Fsp3) is 0.364. The van der Waals surface area contributed by atoms with Crippen LogP contribution in [-0.2, 0) is 4.79 Å². The van der Waals surface area contributed by atoms with Gasteiger partial charge in [-0.2, -0.15) is 0 Å². The van der Waals surface area contributed by atoms with Gasteiger partial charge in [-0.15, -0.1) is 0 Å². The molecular weight excluding hydrogens is 372 g/mol. The Morgan fingerprint density at radius 2 is 1.52 bits per heavy atom. The molecule has 0 aromatic heterocycles. The fourth-order valence-corrected chi connectivity index (χ4v) is 3.23. The molecule has 1 aliphatic heterocycles. The topological polar surface area (TPSA) is 79.3 Å². The van der Waals surface area contributed by atoms with E-state index in [4.69, 9.17) is 9.47 Å². The molecule has 154 valence electrons. The van der Waals surface area contributed by atoms with Crippen molar-refractivity contribution >= 4 is 11.8 Å². The van der Waals surface area contributed by atoms with Crippen molar-refractivity contribution in [3.05, 3.63) is 54.1 Å². The van der Waals surface area contributed by atoms with E-state index < -0.39 is 0 Å². The molecule has 7 heteroatoms. The van der Waals surface area contributed by atoms with Crippen LogP contribution < -0.4 is 9.47 Å². The van der Waals surface area contributed by atoms with E-state index in [1.165, 1.54) is 6.07 Å². The monoisotopic (exact) mass is 398 g/mol. The predicted molar refractivity (Wildman–Crippen MR) is 108 cm³/mol. The molecule has 0 aliphatic carbocycles. The van der Waals surface area contributed by atoms with Crippen LogP contribution in [0.5, 0.6) is 17.2 Å². The average Bonchev–Trinajstić information content (AvgIpc) is 2.99. The van der Waals surface area contributed by atoms with Crippen LogP contribution in [0.4, 0.5) is 0 Å². The van der Waals surface area contributed by atoms with Gasteiger partial charge in [-0.25, -0.2) is 0 Å². The molecular formula is C22H26N2O5. The zero-order valence-electron chi connectivity index (χ0n) is 16.5. The number of carbonyl (C=O) groups excluding carboxylic acids is 2. The third-order valence-corrected chi connectivity index (χ3v) is 4.77. The van der Waals surface area contributed by atoms with Crippen LogP contribution in [0.2, 0.25) is 0 Å². The molecule has 2 aromatic carbocycles. The summed E-state index contributed by atoms with van der Waals surface area (Å²) in [6.07, 6.45) is 0.675. The summed E-state index contributed by atoms with van der Waals surface area (Å²) in [5, 5.41) is 9.91. The highest BCUT2D eigenvalue weighted by molar-refractivity contribution is 5.96. The van der Waals surface area contributed by atoms with Crippen LogP contribution in [0.1, 0.15) is 23.7 Å². The first-order chi connectivity index (χ1) is 14.1. The first kappa shape index (κ1) is 20.5. The van der Waals surface area contributed by atoms with Gasteiger partial charge in [0.25, 0.3) is 11.8 Å². The second-order valence-corrected chi connectivity index (χ2v) is 6.74. The van der Waals surface area contributed by atoms with Crippen LogP contribution in [0, 0.1) is 0 Å². The Bertz CT molecular complexity index is 837. The van der Waals surface area contributed by atoms with E-state index in [-0.39, 0.29) is 29.7 Å². The van der Waals surface area contributed by atoms with Crippen molar-refractivity contribution in [2.45, 2.75) is 13.3 Å². The maximum atomic E-state index is 12.7.